The predicted molar refractivity (Wildman–Crippen MR) is 74.8 cm³/mol. The van der Waals surface area contributed by atoms with Crippen LogP contribution >= 0.6 is 0 Å². The summed E-state index contributed by atoms with van der Waals surface area (Å²) in [5.41, 5.74) is 1.18. The summed E-state index contributed by atoms with van der Waals surface area (Å²) < 4.78 is 4.75. The number of aliphatic carboxylic acids is 1. The fourth-order valence-electron chi connectivity index (χ4n) is 2.66. The van der Waals surface area contributed by atoms with Crippen molar-refractivity contribution < 1.29 is 19.4 Å². The number of rotatable bonds is 4. The SMILES string of the molecule is COC(=O)c1ccccc1NC1CCCC(C(=O)O)C1. The van der Waals surface area contributed by atoms with E-state index in [1.54, 1.807) is 12.1 Å². The fraction of sp³-hybridized carbons (Fsp3) is 0.467. The zero-order valence-corrected chi connectivity index (χ0v) is 11.5. The van der Waals surface area contributed by atoms with Gasteiger partial charge in [0.1, 0.15) is 0 Å². The highest BCUT2D eigenvalue weighted by molar-refractivity contribution is 5.95. The van der Waals surface area contributed by atoms with Gasteiger partial charge in [-0.25, -0.2) is 4.79 Å². The Balaban J connectivity index is 2.10. The molecule has 2 rings (SSSR count). The molecule has 0 aliphatic heterocycles. The first-order valence-electron chi connectivity index (χ1n) is 6.78. The fourth-order valence-corrected chi connectivity index (χ4v) is 2.66. The maximum absolute atomic E-state index is 11.7. The summed E-state index contributed by atoms with van der Waals surface area (Å²) >= 11 is 0. The van der Waals surface area contributed by atoms with Crippen LogP contribution in [0.25, 0.3) is 0 Å². The lowest BCUT2D eigenvalue weighted by molar-refractivity contribution is -0.142. The largest absolute Gasteiger partial charge is 0.481 e. The number of esters is 1. The molecule has 5 nitrogen and oxygen atoms in total. The molecule has 0 bridgehead atoms. The Morgan fingerprint density at radius 1 is 1.30 bits per heavy atom. The van der Waals surface area contributed by atoms with Crippen molar-refractivity contribution in [3.63, 3.8) is 0 Å². The quantitative estimate of drug-likeness (QED) is 0.827. The van der Waals surface area contributed by atoms with E-state index < -0.39 is 11.9 Å². The number of carboxylic acids is 1. The van der Waals surface area contributed by atoms with E-state index in [9.17, 15) is 9.59 Å². The molecule has 1 aromatic carbocycles. The van der Waals surface area contributed by atoms with E-state index in [1.165, 1.54) is 7.11 Å². The van der Waals surface area contributed by atoms with Crippen molar-refractivity contribution in [1.82, 2.24) is 0 Å². The normalized spacial score (nSPS) is 22.1. The van der Waals surface area contributed by atoms with Crippen LogP contribution in [-0.2, 0) is 9.53 Å². The molecule has 1 fully saturated rings. The van der Waals surface area contributed by atoms with Crippen LogP contribution in [-0.4, -0.2) is 30.2 Å². The first-order valence-corrected chi connectivity index (χ1v) is 6.78. The third-order valence-electron chi connectivity index (χ3n) is 3.72. The Kier molecular flexibility index (Phi) is 4.61. The average molecular weight is 277 g/mol. The molecule has 2 unspecified atom stereocenters. The molecule has 0 aromatic heterocycles. The molecule has 2 atom stereocenters. The van der Waals surface area contributed by atoms with Crippen molar-refractivity contribution in [2.75, 3.05) is 12.4 Å². The first kappa shape index (κ1) is 14.4. The highest BCUT2D eigenvalue weighted by atomic mass is 16.5. The van der Waals surface area contributed by atoms with Crippen molar-refractivity contribution in [2.45, 2.75) is 31.7 Å². The maximum Gasteiger partial charge on any atom is 0.339 e. The number of para-hydroxylation sites is 1. The lowest BCUT2D eigenvalue weighted by Crippen LogP contribution is -2.31. The maximum atomic E-state index is 11.7. The lowest BCUT2D eigenvalue weighted by Gasteiger charge is -2.28. The van der Waals surface area contributed by atoms with Crippen molar-refractivity contribution in [3.8, 4) is 0 Å². The number of carbonyl (C=O) groups is 2. The second-order valence-electron chi connectivity index (χ2n) is 5.08. The minimum absolute atomic E-state index is 0.0793. The standard InChI is InChI=1S/C15H19NO4/c1-20-15(19)12-7-2-3-8-13(12)16-11-6-4-5-10(9-11)14(17)18/h2-3,7-8,10-11,16H,4-6,9H2,1H3,(H,17,18). The molecule has 0 saturated heterocycles. The number of nitrogens with one attached hydrogen (secondary N) is 1. The van der Waals surface area contributed by atoms with Crippen LogP contribution in [0, 0.1) is 5.92 Å². The van der Waals surface area contributed by atoms with Gasteiger partial charge in [-0.3, -0.25) is 4.79 Å². The topological polar surface area (TPSA) is 75.6 Å². The number of methoxy groups -OCH3 is 1. The van der Waals surface area contributed by atoms with E-state index >= 15 is 0 Å². The molecule has 0 heterocycles. The van der Waals surface area contributed by atoms with Crippen LogP contribution in [0.3, 0.4) is 0 Å². The number of hydrogen-bond donors (Lipinski definition) is 2. The van der Waals surface area contributed by atoms with Crippen molar-refractivity contribution in [2.24, 2.45) is 5.92 Å². The third-order valence-corrected chi connectivity index (χ3v) is 3.72. The van der Waals surface area contributed by atoms with E-state index in [-0.39, 0.29) is 12.0 Å². The Labute approximate surface area is 117 Å². The third kappa shape index (κ3) is 3.29. The molecular weight excluding hydrogens is 258 g/mol. The Morgan fingerprint density at radius 3 is 2.75 bits per heavy atom. The molecule has 2 N–H and O–H groups in total. The van der Waals surface area contributed by atoms with Crippen LogP contribution in [0.5, 0.6) is 0 Å². The average Bonchev–Trinajstić information content (AvgIpc) is 2.47. The van der Waals surface area contributed by atoms with Gasteiger partial charge < -0.3 is 15.2 Å². The highest BCUT2D eigenvalue weighted by Crippen LogP contribution is 2.28. The van der Waals surface area contributed by atoms with E-state index in [0.29, 0.717) is 17.7 Å². The first-order chi connectivity index (χ1) is 9.61. The van der Waals surface area contributed by atoms with Gasteiger partial charge in [-0.05, 0) is 31.4 Å². The predicted octanol–water partition coefficient (Wildman–Crippen LogP) is 2.53. The summed E-state index contributed by atoms with van der Waals surface area (Å²) in [5.74, 6) is -1.43. The molecule has 0 spiro atoms. The molecule has 1 aliphatic rings. The van der Waals surface area contributed by atoms with Gasteiger partial charge in [0, 0.05) is 11.7 Å². The summed E-state index contributed by atoms with van der Waals surface area (Å²) in [4.78, 5) is 22.8. The molecular formula is C15H19NO4. The number of ether oxygens (including phenoxy) is 1. The van der Waals surface area contributed by atoms with Gasteiger partial charge in [-0.1, -0.05) is 18.6 Å². The van der Waals surface area contributed by atoms with Crippen LogP contribution in [0.1, 0.15) is 36.0 Å². The monoisotopic (exact) mass is 277 g/mol. The van der Waals surface area contributed by atoms with Gasteiger partial charge >= 0.3 is 11.9 Å². The Hall–Kier alpha value is -2.04. The number of hydrogen-bond acceptors (Lipinski definition) is 4. The summed E-state index contributed by atoms with van der Waals surface area (Å²) in [5, 5.41) is 12.4. The van der Waals surface area contributed by atoms with Gasteiger partial charge in [0.15, 0.2) is 0 Å². The zero-order chi connectivity index (χ0) is 14.5. The van der Waals surface area contributed by atoms with Gasteiger partial charge in [0.25, 0.3) is 0 Å². The Bertz CT molecular complexity index is 500. The number of benzene rings is 1. The summed E-state index contributed by atoms with van der Waals surface area (Å²) in [6.45, 7) is 0. The molecule has 108 valence electrons. The molecule has 0 radical (unpaired) electrons. The van der Waals surface area contributed by atoms with Crippen molar-refractivity contribution in [1.29, 1.82) is 0 Å². The van der Waals surface area contributed by atoms with Crippen LogP contribution in [0.15, 0.2) is 24.3 Å². The summed E-state index contributed by atoms with van der Waals surface area (Å²) in [6.07, 6.45) is 3.12. The van der Waals surface area contributed by atoms with Gasteiger partial charge in [0.05, 0.1) is 18.6 Å². The molecule has 1 saturated carbocycles. The van der Waals surface area contributed by atoms with E-state index in [2.05, 4.69) is 5.32 Å². The van der Waals surface area contributed by atoms with Gasteiger partial charge in [-0.2, -0.15) is 0 Å². The molecule has 5 heteroatoms. The van der Waals surface area contributed by atoms with E-state index in [1.807, 2.05) is 12.1 Å². The number of carboxylic acid groups (broad SMARTS) is 1. The minimum Gasteiger partial charge on any atom is -0.481 e. The highest BCUT2D eigenvalue weighted by Gasteiger charge is 2.27. The van der Waals surface area contributed by atoms with Crippen LogP contribution in [0.4, 0.5) is 5.69 Å². The second-order valence-corrected chi connectivity index (χ2v) is 5.08. The molecule has 1 aliphatic carbocycles. The van der Waals surface area contributed by atoms with Crippen LogP contribution in [0.2, 0.25) is 0 Å². The number of anilines is 1. The molecule has 20 heavy (non-hydrogen) atoms. The Morgan fingerprint density at radius 2 is 2.05 bits per heavy atom. The van der Waals surface area contributed by atoms with Gasteiger partial charge in [0.2, 0.25) is 0 Å². The van der Waals surface area contributed by atoms with Gasteiger partial charge in [-0.15, -0.1) is 0 Å². The lowest BCUT2D eigenvalue weighted by atomic mass is 9.85. The number of carbonyl (C=O) groups excluding carboxylic acids is 1. The van der Waals surface area contributed by atoms with E-state index in [0.717, 1.165) is 19.3 Å². The molecule has 1 aromatic rings. The summed E-state index contributed by atoms with van der Waals surface area (Å²) in [7, 11) is 1.35. The summed E-state index contributed by atoms with van der Waals surface area (Å²) in [6, 6.07) is 7.21. The van der Waals surface area contributed by atoms with Crippen molar-refractivity contribution >= 4 is 17.6 Å². The zero-order valence-electron chi connectivity index (χ0n) is 11.5. The van der Waals surface area contributed by atoms with E-state index in [4.69, 9.17) is 9.84 Å². The minimum atomic E-state index is -0.738. The smallest absolute Gasteiger partial charge is 0.339 e. The second kappa shape index (κ2) is 6.41. The van der Waals surface area contributed by atoms with Crippen LogP contribution < -0.4 is 5.32 Å². The molecule has 0 amide bonds. The van der Waals surface area contributed by atoms with Crippen molar-refractivity contribution in [3.05, 3.63) is 29.8 Å².